The summed E-state index contributed by atoms with van der Waals surface area (Å²) in [6, 6.07) is 3.85. The Balaban J connectivity index is 2.79. The summed E-state index contributed by atoms with van der Waals surface area (Å²) in [6.45, 7) is 6.70. The first kappa shape index (κ1) is 15.3. The largest absolute Gasteiger partial charge is 0.490 e. The molecule has 0 aliphatic heterocycles. The van der Waals surface area contributed by atoms with Gasteiger partial charge in [0, 0.05) is 13.2 Å². The Morgan fingerprint density at radius 2 is 1.89 bits per heavy atom. The standard InChI is InChI=1S/C13H20BrNO3/c1-3-16-5-6-18-13-11(14)7-10(9-15)8-12(13)17-4-2/h7-8H,3-6,9,15H2,1-2H3. The summed E-state index contributed by atoms with van der Waals surface area (Å²) in [5.74, 6) is 1.41. The van der Waals surface area contributed by atoms with Crippen LogP contribution in [0.1, 0.15) is 19.4 Å². The van der Waals surface area contributed by atoms with E-state index in [1.807, 2.05) is 26.0 Å². The summed E-state index contributed by atoms with van der Waals surface area (Å²) in [4.78, 5) is 0. The van der Waals surface area contributed by atoms with Gasteiger partial charge in [0.15, 0.2) is 11.5 Å². The van der Waals surface area contributed by atoms with Crippen LogP contribution >= 0.6 is 15.9 Å². The number of hydrogen-bond acceptors (Lipinski definition) is 4. The van der Waals surface area contributed by atoms with E-state index < -0.39 is 0 Å². The van der Waals surface area contributed by atoms with Crippen molar-refractivity contribution in [1.29, 1.82) is 0 Å². The van der Waals surface area contributed by atoms with Crippen molar-refractivity contribution < 1.29 is 14.2 Å². The van der Waals surface area contributed by atoms with Crippen LogP contribution in [0.5, 0.6) is 11.5 Å². The van der Waals surface area contributed by atoms with E-state index in [1.54, 1.807) is 0 Å². The number of ether oxygens (including phenoxy) is 3. The summed E-state index contributed by atoms with van der Waals surface area (Å²) in [6.07, 6.45) is 0. The molecule has 1 aromatic rings. The monoisotopic (exact) mass is 317 g/mol. The van der Waals surface area contributed by atoms with Gasteiger partial charge in [0.1, 0.15) is 6.61 Å². The molecule has 4 nitrogen and oxygen atoms in total. The second kappa shape index (κ2) is 8.34. The number of benzene rings is 1. The molecule has 0 unspecified atom stereocenters. The van der Waals surface area contributed by atoms with Gasteiger partial charge >= 0.3 is 0 Å². The van der Waals surface area contributed by atoms with Crippen LogP contribution in [0, 0.1) is 0 Å². The summed E-state index contributed by atoms with van der Waals surface area (Å²) in [5.41, 5.74) is 6.64. The molecular weight excluding hydrogens is 298 g/mol. The van der Waals surface area contributed by atoms with E-state index in [2.05, 4.69) is 15.9 Å². The summed E-state index contributed by atoms with van der Waals surface area (Å²) in [7, 11) is 0. The van der Waals surface area contributed by atoms with E-state index in [0.29, 0.717) is 44.5 Å². The van der Waals surface area contributed by atoms with Crippen LogP contribution in [0.15, 0.2) is 16.6 Å². The average molecular weight is 318 g/mol. The Morgan fingerprint density at radius 1 is 1.11 bits per heavy atom. The van der Waals surface area contributed by atoms with Gasteiger partial charge in [-0.15, -0.1) is 0 Å². The van der Waals surface area contributed by atoms with E-state index >= 15 is 0 Å². The van der Waals surface area contributed by atoms with Gasteiger partial charge < -0.3 is 19.9 Å². The molecule has 18 heavy (non-hydrogen) atoms. The van der Waals surface area contributed by atoms with E-state index in [4.69, 9.17) is 19.9 Å². The van der Waals surface area contributed by atoms with Gasteiger partial charge in [-0.3, -0.25) is 0 Å². The highest BCUT2D eigenvalue weighted by atomic mass is 79.9. The van der Waals surface area contributed by atoms with Crippen LogP contribution in [0.25, 0.3) is 0 Å². The maximum absolute atomic E-state index is 5.68. The molecule has 0 amide bonds. The third-order valence-corrected chi connectivity index (χ3v) is 2.87. The molecule has 0 aliphatic rings. The van der Waals surface area contributed by atoms with E-state index in [0.717, 1.165) is 10.0 Å². The van der Waals surface area contributed by atoms with Gasteiger partial charge in [-0.1, -0.05) is 0 Å². The third-order valence-electron chi connectivity index (χ3n) is 2.28. The Bertz CT molecular complexity index is 371. The average Bonchev–Trinajstić information content (AvgIpc) is 2.37. The molecule has 2 N–H and O–H groups in total. The minimum Gasteiger partial charge on any atom is -0.490 e. The first-order chi connectivity index (χ1) is 8.72. The highest BCUT2D eigenvalue weighted by Crippen LogP contribution is 2.36. The Morgan fingerprint density at radius 3 is 2.50 bits per heavy atom. The Hall–Kier alpha value is -0.780. The van der Waals surface area contributed by atoms with Crippen LogP contribution in [0.4, 0.5) is 0 Å². The zero-order valence-electron chi connectivity index (χ0n) is 10.9. The molecule has 5 heteroatoms. The number of hydrogen-bond donors (Lipinski definition) is 1. The zero-order valence-corrected chi connectivity index (χ0v) is 12.5. The van der Waals surface area contributed by atoms with Crippen molar-refractivity contribution in [2.45, 2.75) is 20.4 Å². The lowest BCUT2D eigenvalue weighted by Gasteiger charge is -2.15. The Kier molecular flexibility index (Phi) is 7.08. The molecule has 102 valence electrons. The predicted molar refractivity (Wildman–Crippen MR) is 75.2 cm³/mol. The molecule has 0 aliphatic carbocycles. The van der Waals surface area contributed by atoms with Crippen molar-refractivity contribution in [1.82, 2.24) is 0 Å². The minimum absolute atomic E-state index is 0.470. The van der Waals surface area contributed by atoms with Crippen LogP contribution in [-0.4, -0.2) is 26.4 Å². The molecule has 0 spiro atoms. The fraction of sp³-hybridized carbons (Fsp3) is 0.538. The molecule has 0 saturated carbocycles. The summed E-state index contributed by atoms with van der Waals surface area (Å²) >= 11 is 3.48. The van der Waals surface area contributed by atoms with Gasteiger partial charge in [-0.2, -0.15) is 0 Å². The normalized spacial score (nSPS) is 10.4. The van der Waals surface area contributed by atoms with Crippen molar-refractivity contribution >= 4 is 15.9 Å². The molecule has 1 rings (SSSR count). The summed E-state index contributed by atoms with van der Waals surface area (Å²) in [5, 5.41) is 0. The molecule has 0 radical (unpaired) electrons. The van der Waals surface area contributed by atoms with Crippen molar-refractivity contribution in [2.24, 2.45) is 5.73 Å². The molecule has 0 fully saturated rings. The lowest BCUT2D eigenvalue weighted by atomic mass is 10.2. The van der Waals surface area contributed by atoms with Crippen LogP contribution < -0.4 is 15.2 Å². The van der Waals surface area contributed by atoms with Gasteiger partial charge in [0.05, 0.1) is 17.7 Å². The van der Waals surface area contributed by atoms with Crippen LogP contribution in [0.3, 0.4) is 0 Å². The SMILES string of the molecule is CCOCCOc1c(Br)cc(CN)cc1OCC. The van der Waals surface area contributed by atoms with Crippen LogP contribution in [-0.2, 0) is 11.3 Å². The van der Waals surface area contributed by atoms with Crippen molar-refractivity contribution in [3.05, 3.63) is 22.2 Å². The third kappa shape index (κ3) is 4.48. The van der Waals surface area contributed by atoms with Crippen molar-refractivity contribution in [3.8, 4) is 11.5 Å². The number of halogens is 1. The Labute approximate surface area is 117 Å². The molecule has 0 saturated heterocycles. The lowest BCUT2D eigenvalue weighted by Crippen LogP contribution is -2.08. The highest BCUT2D eigenvalue weighted by molar-refractivity contribution is 9.10. The lowest BCUT2D eigenvalue weighted by molar-refractivity contribution is 0.108. The summed E-state index contributed by atoms with van der Waals surface area (Å²) < 4.78 is 17.3. The fourth-order valence-electron chi connectivity index (χ4n) is 1.49. The molecule has 1 aromatic carbocycles. The molecule has 0 heterocycles. The number of rotatable bonds is 8. The van der Waals surface area contributed by atoms with E-state index in [-0.39, 0.29) is 0 Å². The first-order valence-electron chi connectivity index (χ1n) is 6.08. The predicted octanol–water partition coefficient (Wildman–Crippen LogP) is 2.72. The second-order valence-electron chi connectivity index (χ2n) is 3.59. The smallest absolute Gasteiger partial charge is 0.175 e. The fourth-order valence-corrected chi connectivity index (χ4v) is 2.09. The van der Waals surface area contributed by atoms with Gasteiger partial charge in [-0.25, -0.2) is 0 Å². The molecular formula is C13H20BrNO3. The van der Waals surface area contributed by atoms with Gasteiger partial charge in [0.25, 0.3) is 0 Å². The van der Waals surface area contributed by atoms with E-state index in [9.17, 15) is 0 Å². The molecule has 0 bridgehead atoms. The maximum atomic E-state index is 5.68. The highest BCUT2D eigenvalue weighted by Gasteiger charge is 2.11. The van der Waals surface area contributed by atoms with Gasteiger partial charge in [0.2, 0.25) is 0 Å². The minimum atomic E-state index is 0.470. The van der Waals surface area contributed by atoms with Crippen LogP contribution in [0.2, 0.25) is 0 Å². The quantitative estimate of drug-likeness (QED) is 0.749. The van der Waals surface area contributed by atoms with Crippen molar-refractivity contribution in [2.75, 3.05) is 26.4 Å². The number of nitrogens with two attached hydrogens (primary N) is 1. The van der Waals surface area contributed by atoms with Gasteiger partial charge in [-0.05, 0) is 47.5 Å². The zero-order chi connectivity index (χ0) is 13.4. The molecule has 0 aromatic heterocycles. The first-order valence-corrected chi connectivity index (χ1v) is 6.88. The van der Waals surface area contributed by atoms with Crippen molar-refractivity contribution in [3.63, 3.8) is 0 Å². The molecule has 0 atom stereocenters. The maximum Gasteiger partial charge on any atom is 0.175 e. The second-order valence-corrected chi connectivity index (χ2v) is 4.44. The van der Waals surface area contributed by atoms with E-state index in [1.165, 1.54) is 0 Å². The topological polar surface area (TPSA) is 53.7 Å².